The molecule has 23 heavy (non-hydrogen) atoms. The summed E-state index contributed by atoms with van der Waals surface area (Å²) in [5.74, 6) is 0.439. The van der Waals surface area contributed by atoms with Crippen molar-refractivity contribution in [2.45, 2.75) is 13.0 Å². The third kappa shape index (κ3) is 5.17. The van der Waals surface area contributed by atoms with Crippen molar-refractivity contribution < 1.29 is 18.3 Å². The van der Waals surface area contributed by atoms with Crippen LogP contribution in [-0.2, 0) is 18.3 Å². The summed E-state index contributed by atoms with van der Waals surface area (Å²) in [5, 5.41) is 10.3. The van der Waals surface area contributed by atoms with Crippen molar-refractivity contribution in [2.75, 3.05) is 6.54 Å². The summed E-state index contributed by atoms with van der Waals surface area (Å²) in [6.07, 6.45) is 4.82. The molecule has 1 heterocycles. The van der Waals surface area contributed by atoms with Crippen molar-refractivity contribution in [1.82, 2.24) is 20.1 Å². The number of nitrogens with zero attached hydrogens (tertiary/aromatic N) is 3. The summed E-state index contributed by atoms with van der Waals surface area (Å²) < 4.78 is 30.7. The predicted molar refractivity (Wildman–Crippen MR) is 79.8 cm³/mol. The fourth-order valence-corrected chi connectivity index (χ4v) is 1.88. The Morgan fingerprint density at radius 1 is 1.43 bits per heavy atom. The van der Waals surface area contributed by atoms with E-state index in [0.717, 1.165) is 5.82 Å². The number of halogens is 2. The zero-order valence-electron chi connectivity index (χ0n) is 12.4. The molecule has 2 rings (SSSR count). The number of ether oxygens (including phenoxy) is 1. The first kappa shape index (κ1) is 16.6. The molecule has 0 saturated carbocycles. The van der Waals surface area contributed by atoms with Crippen LogP contribution in [-0.4, -0.2) is 33.8 Å². The lowest BCUT2D eigenvalue weighted by Crippen LogP contribution is -2.24. The summed E-state index contributed by atoms with van der Waals surface area (Å²) in [5.41, 5.74) is 0.399. The molecule has 0 aliphatic rings. The van der Waals surface area contributed by atoms with E-state index >= 15 is 0 Å². The van der Waals surface area contributed by atoms with E-state index in [4.69, 9.17) is 0 Å². The van der Waals surface area contributed by atoms with Gasteiger partial charge in [0.2, 0.25) is 5.91 Å². The molecule has 122 valence electrons. The Morgan fingerprint density at radius 3 is 2.91 bits per heavy atom. The third-order valence-corrected chi connectivity index (χ3v) is 3.00. The van der Waals surface area contributed by atoms with Gasteiger partial charge in [0.25, 0.3) is 0 Å². The van der Waals surface area contributed by atoms with Crippen LogP contribution in [0.25, 0.3) is 6.08 Å². The summed E-state index contributed by atoms with van der Waals surface area (Å²) in [7, 11) is 1.82. The molecule has 0 aliphatic heterocycles. The molecule has 0 atom stereocenters. The number of benzene rings is 1. The Bertz CT molecular complexity index is 686. The Morgan fingerprint density at radius 2 is 2.22 bits per heavy atom. The van der Waals surface area contributed by atoms with Crippen molar-refractivity contribution >= 4 is 12.0 Å². The first-order valence-electron chi connectivity index (χ1n) is 6.89. The molecule has 0 saturated heterocycles. The SMILES string of the molecule is Cn1cnnc1CCNC(=O)/C=C/c1ccccc1OC(F)F. The molecule has 0 aliphatic carbocycles. The van der Waals surface area contributed by atoms with E-state index in [1.165, 1.54) is 18.2 Å². The highest BCUT2D eigenvalue weighted by molar-refractivity contribution is 5.92. The van der Waals surface area contributed by atoms with Gasteiger partial charge in [-0.3, -0.25) is 4.79 Å². The quantitative estimate of drug-likeness (QED) is 0.789. The van der Waals surface area contributed by atoms with E-state index in [1.807, 2.05) is 7.05 Å². The van der Waals surface area contributed by atoms with Crippen molar-refractivity contribution in [3.8, 4) is 5.75 Å². The van der Waals surface area contributed by atoms with Gasteiger partial charge in [0.15, 0.2) is 0 Å². The Labute approximate surface area is 131 Å². The average molecular weight is 322 g/mol. The first-order chi connectivity index (χ1) is 11.1. The van der Waals surface area contributed by atoms with Crippen LogP contribution >= 0.6 is 0 Å². The number of aryl methyl sites for hydroxylation is 1. The normalized spacial score (nSPS) is 11.1. The Kier molecular flexibility index (Phi) is 5.79. The third-order valence-electron chi connectivity index (χ3n) is 3.00. The van der Waals surface area contributed by atoms with Crippen molar-refractivity contribution in [1.29, 1.82) is 0 Å². The number of nitrogens with one attached hydrogen (secondary N) is 1. The summed E-state index contributed by atoms with van der Waals surface area (Å²) in [4.78, 5) is 11.7. The molecule has 0 radical (unpaired) electrons. The lowest BCUT2D eigenvalue weighted by atomic mass is 10.2. The second-order valence-electron chi connectivity index (χ2n) is 4.65. The largest absolute Gasteiger partial charge is 0.434 e. The van der Waals surface area contributed by atoms with Gasteiger partial charge in [0, 0.05) is 31.7 Å². The van der Waals surface area contributed by atoms with E-state index in [2.05, 4.69) is 20.3 Å². The maximum Gasteiger partial charge on any atom is 0.387 e. The lowest BCUT2D eigenvalue weighted by Gasteiger charge is -2.07. The van der Waals surface area contributed by atoms with Crippen LogP contribution in [0.4, 0.5) is 8.78 Å². The summed E-state index contributed by atoms with van der Waals surface area (Å²) in [6.45, 7) is -2.52. The van der Waals surface area contributed by atoms with Gasteiger partial charge in [-0.15, -0.1) is 10.2 Å². The van der Waals surface area contributed by atoms with E-state index < -0.39 is 6.61 Å². The van der Waals surface area contributed by atoms with Gasteiger partial charge in [-0.2, -0.15) is 8.78 Å². The second kappa shape index (κ2) is 8.02. The Balaban J connectivity index is 1.87. The fourth-order valence-electron chi connectivity index (χ4n) is 1.88. The van der Waals surface area contributed by atoms with Crippen LogP contribution in [0.2, 0.25) is 0 Å². The van der Waals surface area contributed by atoms with Crippen LogP contribution in [0.5, 0.6) is 5.75 Å². The van der Waals surface area contributed by atoms with Crippen molar-refractivity contribution in [3.05, 3.63) is 48.1 Å². The highest BCUT2D eigenvalue weighted by Crippen LogP contribution is 2.21. The zero-order chi connectivity index (χ0) is 16.7. The molecule has 6 nitrogen and oxygen atoms in total. The van der Waals surface area contributed by atoms with E-state index in [9.17, 15) is 13.6 Å². The smallest absolute Gasteiger partial charge is 0.387 e. The molecule has 0 bridgehead atoms. The van der Waals surface area contributed by atoms with E-state index in [1.54, 1.807) is 29.1 Å². The number of carbonyl (C=O) groups is 1. The highest BCUT2D eigenvalue weighted by Gasteiger charge is 2.07. The van der Waals surface area contributed by atoms with E-state index in [0.29, 0.717) is 18.5 Å². The van der Waals surface area contributed by atoms with Crippen molar-refractivity contribution in [2.24, 2.45) is 7.05 Å². The van der Waals surface area contributed by atoms with Crippen LogP contribution in [0.3, 0.4) is 0 Å². The number of aromatic nitrogens is 3. The van der Waals surface area contributed by atoms with Crippen LogP contribution < -0.4 is 10.1 Å². The number of rotatable bonds is 7. The maximum atomic E-state index is 12.3. The number of hydrogen-bond donors (Lipinski definition) is 1. The van der Waals surface area contributed by atoms with Crippen LogP contribution in [0, 0.1) is 0 Å². The molecule has 1 aromatic carbocycles. The molecule has 8 heteroatoms. The summed E-state index contributed by atoms with van der Waals surface area (Å²) in [6, 6.07) is 6.25. The van der Waals surface area contributed by atoms with Crippen LogP contribution in [0.15, 0.2) is 36.7 Å². The number of hydrogen-bond acceptors (Lipinski definition) is 4. The second-order valence-corrected chi connectivity index (χ2v) is 4.65. The minimum atomic E-state index is -2.91. The van der Waals surface area contributed by atoms with Gasteiger partial charge in [-0.05, 0) is 12.1 Å². The van der Waals surface area contributed by atoms with Gasteiger partial charge in [0.05, 0.1) is 0 Å². The number of amides is 1. The number of alkyl halides is 2. The molecule has 1 aromatic heterocycles. The van der Waals surface area contributed by atoms with Gasteiger partial charge in [-0.25, -0.2) is 0 Å². The minimum absolute atomic E-state index is 0.0191. The molecule has 2 aromatic rings. The van der Waals surface area contributed by atoms with Crippen LogP contribution in [0.1, 0.15) is 11.4 Å². The Hall–Kier alpha value is -2.77. The standard InChI is InChI=1S/C15H16F2N4O2/c1-21-10-19-20-13(21)8-9-18-14(22)7-6-11-4-2-3-5-12(11)23-15(16)17/h2-7,10,15H,8-9H2,1H3,(H,18,22)/b7-6+. The average Bonchev–Trinajstić information content (AvgIpc) is 2.91. The highest BCUT2D eigenvalue weighted by atomic mass is 19.3. The predicted octanol–water partition coefficient (Wildman–Crippen LogP) is 1.79. The van der Waals surface area contributed by atoms with Gasteiger partial charge < -0.3 is 14.6 Å². The van der Waals surface area contributed by atoms with Gasteiger partial charge >= 0.3 is 6.61 Å². The molecular formula is C15H16F2N4O2. The van der Waals surface area contributed by atoms with Crippen molar-refractivity contribution in [3.63, 3.8) is 0 Å². The maximum absolute atomic E-state index is 12.3. The topological polar surface area (TPSA) is 69.0 Å². The molecule has 0 unspecified atom stereocenters. The molecule has 1 N–H and O–H groups in total. The van der Waals surface area contributed by atoms with Gasteiger partial charge in [-0.1, -0.05) is 18.2 Å². The number of carbonyl (C=O) groups excluding carboxylic acids is 1. The lowest BCUT2D eigenvalue weighted by molar-refractivity contribution is -0.116. The van der Waals surface area contributed by atoms with Gasteiger partial charge in [0.1, 0.15) is 17.9 Å². The zero-order valence-corrected chi connectivity index (χ0v) is 12.4. The molecule has 0 spiro atoms. The first-order valence-corrected chi connectivity index (χ1v) is 6.89. The number of para-hydroxylation sites is 1. The molecular weight excluding hydrogens is 306 g/mol. The fraction of sp³-hybridized carbons (Fsp3) is 0.267. The minimum Gasteiger partial charge on any atom is -0.434 e. The summed E-state index contributed by atoms with van der Waals surface area (Å²) >= 11 is 0. The monoisotopic (exact) mass is 322 g/mol. The molecule has 0 fully saturated rings. The van der Waals surface area contributed by atoms with E-state index in [-0.39, 0.29) is 11.7 Å². The molecule has 1 amide bonds.